The van der Waals surface area contributed by atoms with E-state index in [1.165, 1.54) is 0 Å². The molecule has 0 saturated carbocycles. The van der Waals surface area contributed by atoms with Crippen molar-refractivity contribution in [2.45, 2.75) is 31.7 Å². The summed E-state index contributed by atoms with van der Waals surface area (Å²) in [4.78, 5) is 0. The molecule has 1 aliphatic heterocycles. The van der Waals surface area contributed by atoms with E-state index in [1.54, 1.807) is 0 Å². The summed E-state index contributed by atoms with van der Waals surface area (Å²) in [6.45, 7) is 4.10. The van der Waals surface area contributed by atoms with Gasteiger partial charge < -0.3 is 19.7 Å². The molecule has 0 atom stereocenters. The summed E-state index contributed by atoms with van der Waals surface area (Å²) in [6.07, 6.45) is 0.516. The number of ether oxygens (including phenoxy) is 2. The smallest absolute Gasteiger partial charge is 0.163 e. The van der Waals surface area contributed by atoms with Gasteiger partial charge in [0, 0.05) is 6.61 Å². The van der Waals surface area contributed by atoms with Crippen LogP contribution in [0.2, 0.25) is 0 Å². The van der Waals surface area contributed by atoms with Gasteiger partial charge >= 0.3 is 0 Å². The van der Waals surface area contributed by atoms with Crippen LogP contribution in [-0.4, -0.2) is 35.8 Å². The monoisotopic (exact) mass is 252 g/mol. The summed E-state index contributed by atoms with van der Waals surface area (Å²) in [5, 5.41) is 19.7. The van der Waals surface area contributed by atoms with Crippen molar-refractivity contribution in [3.63, 3.8) is 0 Å². The van der Waals surface area contributed by atoms with E-state index in [4.69, 9.17) is 14.6 Å². The zero-order valence-electron chi connectivity index (χ0n) is 10.8. The Balaban J connectivity index is 2.25. The van der Waals surface area contributed by atoms with Gasteiger partial charge in [0.15, 0.2) is 5.79 Å². The van der Waals surface area contributed by atoms with Crippen LogP contribution in [-0.2, 0) is 21.5 Å². The van der Waals surface area contributed by atoms with E-state index in [9.17, 15) is 5.11 Å². The zero-order chi connectivity index (χ0) is 13.2. The molecule has 1 fully saturated rings. The third-order valence-corrected chi connectivity index (χ3v) is 3.22. The van der Waals surface area contributed by atoms with Gasteiger partial charge in [0.2, 0.25) is 0 Å². The lowest BCUT2D eigenvalue weighted by atomic mass is 9.89. The summed E-state index contributed by atoms with van der Waals surface area (Å²) in [5.41, 5.74) is 0.560. The zero-order valence-corrected chi connectivity index (χ0v) is 10.8. The second-order valence-corrected chi connectivity index (χ2v) is 5.14. The molecule has 0 aromatic heterocycles. The van der Waals surface area contributed by atoms with Crippen LogP contribution in [0, 0.1) is 0 Å². The highest BCUT2D eigenvalue weighted by Gasteiger charge is 2.40. The number of hydrogen-bond donors (Lipinski definition) is 2. The third-order valence-electron chi connectivity index (χ3n) is 3.22. The standard InChI is InChI=1S/C14H20O4/c1-13(2)17-9-14(16,10-18-13)12-6-4-3-5-11(12)7-8-15/h3-6,15-16H,7-10H2,1-2H3. The second kappa shape index (κ2) is 4.97. The molecule has 4 nitrogen and oxygen atoms in total. The van der Waals surface area contributed by atoms with Crippen LogP contribution in [0.25, 0.3) is 0 Å². The average molecular weight is 252 g/mol. The summed E-state index contributed by atoms with van der Waals surface area (Å²) < 4.78 is 11.1. The summed E-state index contributed by atoms with van der Waals surface area (Å²) in [5.74, 6) is -0.655. The van der Waals surface area contributed by atoms with E-state index in [0.717, 1.165) is 11.1 Å². The molecule has 2 rings (SSSR count). The van der Waals surface area contributed by atoms with E-state index < -0.39 is 11.4 Å². The molecule has 1 saturated heterocycles. The molecule has 0 spiro atoms. The predicted octanol–water partition coefficient (Wildman–Crippen LogP) is 1.19. The van der Waals surface area contributed by atoms with Crippen molar-refractivity contribution in [1.82, 2.24) is 0 Å². The van der Waals surface area contributed by atoms with E-state index in [-0.39, 0.29) is 19.8 Å². The van der Waals surface area contributed by atoms with Crippen LogP contribution in [0.4, 0.5) is 0 Å². The van der Waals surface area contributed by atoms with Gasteiger partial charge in [-0.1, -0.05) is 24.3 Å². The lowest BCUT2D eigenvalue weighted by molar-refractivity contribution is -0.305. The Morgan fingerprint density at radius 1 is 1.17 bits per heavy atom. The van der Waals surface area contributed by atoms with Crippen molar-refractivity contribution in [3.8, 4) is 0 Å². The molecule has 1 aliphatic rings. The molecule has 18 heavy (non-hydrogen) atoms. The lowest BCUT2D eigenvalue weighted by Gasteiger charge is -2.41. The molecule has 0 bridgehead atoms. The Morgan fingerprint density at radius 3 is 2.39 bits per heavy atom. The van der Waals surface area contributed by atoms with Crippen molar-refractivity contribution in [2.75, 3.05) is 19.8 Å². The highest BCUT2D eigenvalue weighted by atomic mass is 16.7. The fourth-order valence-corrected chi connectivity index (χ4v) is 2.14. The van der Waals surface area contributed by atoms with Crippen molar-refractivity contribution in [3.05, 3.63) is 35.4 Å². The maximum atomic E-state index is 10.7. The molecule has 0 aliphatic carbocycles. The number of benzene rings is 1. The molecule has 1 aromatic rings. The van der Waals surface area contributed by atoms with Crippen molar-refractivity contribution in [2.24, 2.45) is 0 Å². The second-order valence-electron chi connectivity index (χ2n) is 5.14. The Bertz CT molecular complexity index is 404. The quantitative estimate of drug-likeness (QED) is 0.848. The van der Waals surface area contributed by atoms with E-state index >= 15 is 0 Å². The highest BCUT2D eigenvalue weighted by molar-refractivity contribution is 5.33. The first-order chi connectivity index (χ1) is 8.47. The lowest BCUT2D eigenvalue weighted by Crippen LogP contribution is -2.49. The number of aliphatic hydroxyl groups is 2. The minimum absolute atomic E-state index is 0.0559. The van der Waals surface area contributed by atoms with Gasteiger partial charge in [0.25, 0.3) is 0 Å². The summed E-state index contributed by atoms with van der Waals surface area (Å²) in [7, 11) is 0. The van der Waals surface area contributed by atoms with Crippen molar-refractivity contribution in [1.29, 1.82) is 0 Å². The van der Waals surface area contributed by atoms with Crippen LogP contribution in [0.15, 0.2) is 24.3 Å². The van der Waals surface area contributed by atoms with Crippen LogP contribution in [0.1, 0.15) is 25.0 Å². The maximum absolute atomic E-state index is 10.7. The normalized spacial score (nSPS) is 21.8. The molecule has 0 radical (unpaired) electrons. The van der Waals surface area contributed by atoms with Crippen molar-refractivity contribution >= 4 is 0 Å². The molecular weight excluding hydrogens is 232 g/mol. The number of aliphatic hydroxyl groups excluding tert-OH is 1. The van der Waals surface area contributed by atoms with E-state index in [0.29, 0.717) is 6.42 Å². The van der Waals surface area contributed by atoms with Gasteiger partial charge in [0.05, 0.1) is 13.2 Å². The number of hydrogen-bond acceptors (Lipinski definition) is 4. The fraction of sp³-hybridized carbons (Fsp3) is 0.571. The van der Waals surface area contributed by atoms with Gasteiger partial charge in [-0.05, 0) is 31.4 Å². The Kier molecular flexibility index (Phi) is 3.73. The van der Waals surface area contributed by atoms with Crippen LogP contribution in [0.5, 0.6) is 0 Å². The summed E-state index contributed by atoms with van der Waals surface area (Å²) >= 11 is 0. The first-order valence-corrected chi connectivity index (χ1v) is 6.16. The SMILES string of the molecule is CC1(C)OCC(O)(c2ccccc2CCO)CO1. The van der Waals surface area contributed by atoms with Gasteiger partial charge in [0.1, 0.15) is 5.60 Å². The average Bonchev–Trinajstić information content (AvgIpc) is 2.35. The largest absolute Gasteiger partial charge is 0.396 e. The minimum atomic E-state index is -1.14. The molecule has 0 amide bonds. The predicted molar refractivity (Wildman–Crippen MR) is 67.1 cm³/mol. The first-order valence-electron chi connectivity index (χ1n) is 6.16. The van der Waals surface area contributed by atoms with Crippen LogP contribution in [0.3, 0.4) is 0 Å². The van der Waals surface area contributed by atoms with Crippen LogP contribution >= 0.6 is 0 Å². The third kappa shape index (κ3) is 2.72. The van der Waals surface area contributed by atoms with E-state index in [2.05, 4.69) is 0 Å². The molecule has 100 valence electrons. The van der Waals surface area contributed by atoms with Gasteiger partial charge in [-0.3, -0.25) is 0 Å². The molecule has 1 heterocycles. The fourth-order valence-electron chi connectivity index (χ4n) is 2.14. The Morgan fingerprint density at radius 2 is 1.78 bits per heavy atom. The Hall–Kier alpha value is -0.940. The summed E-state index contributed by atoms with van der Waals surface area (Å²) in [6, 6.07) is 7.53. The minimum Gasteiger partial charge on any atom is -0.396 e. The molecular formula is C14H20O4. The molecule has 0 unspecified atom stereocenters. The van der Waals surface area contributed by atoms with Gasteiger partial charge in [-0.15, -0.1) is 0 Å². The highest BCUT2D eigenvalue weighted by Crippen LogP contribution is 2.32. The van der Waals surface area contributed by atoms with Gasteiger partial charge in [-0.2, -0.15) is 0 Å². The number of rotatable bonds is 3. The maximum Gasteiger partial charge on any atom is 0.163 e. The molecule has 2 N–H and O–H groups in total. The topological polar surface area (TPSA) is 58.9 Å². The van der Waals surface area contributed by atoms with E-state index in [1.807, 2.05) is 38.1 Å². The van der Waals surface area contributed by atoms with Crippen LogP contribution < -0.4 is 0 Å². The van der Waals surface area contributed by atoms with Gasteiger partial charge in [-0.25, -0.2) is 0 Å². The molecule has 1 aromatic carbocycles. The first kappa shape index (κ1) is 13.5. The Labute approximate surface area is 107 Å². The van der Waals surface area contributed by atoms with Crippen molar-refractivity contribution < 1.29 is 19.7 Å². The molecule has 4 heteroatoms.